The number of aliphatic carboxylic acids is 1. The molecule has 1 aromatic carbocycles. The van der Waals surface area contributed by atoms with Crippen LogP contribution in [0.3, 0.4) is 0 Å². The zero-order chi connectivity index (χ0) is 17.1. The van der Waals surface area contributed by atoms with Gasteiger partial charge in [-0.05, 0) is 36.6 Å². The number of carboxylic acid groups (broad SMARTS) is 1. The molecule has 2 aromatic rings. The zero-order valence-corrected chi connectivity index (χ0v) is 13.7. The predicted molar refractivity (Wildman–Crippen MR) is 87.4 cm³/mol. The quantitative estimate of drug-likeness (QED) is 0.915. The number of furan rings is 1. The van der Waals surface area contributed by atoms with Crippen LogP contribution in [0.1, 0.15) is 42.8 Å². The third-order valence-electron chi connectivity index (χ3n) is 3.91. The smallest absolute Gasteiger partial charge is 0.326 e. The van der Waals surface area contributed by atoms with Crippen molar-refractivity contribution < 1.29 is 19.1 Å². The maximum Gasteiger partial charge on any atom is 0.326 e. The Labute approximate surface area is 135 Å². The number of carboxylic acids is 1. The fraction of sp³-hybridized carbons (Fsp3) is 0.333. The molecule has 5 heteroatoms. The van der Waals surface area contributed by atoms with E-state index in [1.54, 1.807) is 12.1 Å². The van der Waals surface area contributed by atoms with Gasteiger partial charge in [0.1, 0.15) is 11.8 Å². The first-order chi connectivity index (χ1) is 10.8. The first kappa shape index (κ1) is 16.8. The average molecular weight is 315 g/mol. The van der Waals surface area contributed by atoms with Crippen molar-refractivity contribution in [3.05, 3.63) is 47.7 Å². The van der Waals surface area contributed by atoms with E-state index in [1.807, 2.05) is 24.3 Å². The number of carbonyl (C=O) groups is 2. The molecule has 122 valence electrons. The first-order valence-corrected chi connectivity index (χ1v) is 7.51. The SMILES string of the molecule is CC(C)c1cccc(-c2ccc(C(=O)N(C)C(C)C(=O)O)o2)c1. The largest absolute Gasteiger partial charge is 0.480 e. The summed E-state index contributed by atoms with van der Waals surface area (Å²) in [4.78, 5) is 24.4. The van der Waals surface area contributed by atoms with E-state index in [1.165, 1.54) is 19.5 Å². The van der Waals surface area contributed by atoms with Crippen LogP contribution in [0.4, 0.5) is 0 Å². The van der Waals surface area contributed by atoms with Gasteiger partial charge < -0.3 is 14.4 Å². The zero-order valence-electron chi connectivity index (χ0n) is 13.7. The van der Waals surface area contributed by atoms with Crippen molar-refractivity contribution in [1.82, 2.24) is 4.90 Å². The molecule has 0 fully saturated rings. The molecule has 1 unspecified atom stereocenters. The summed E-state index contributed by atoms with van der Waals surface area (Å²) >= 11 is 0. The number of amides is 1. The Morgan fingerprint density at radius 2 is 1.83 bits per heavy atom. The van der Waals surface area contributed by atoms with E-state index < -0.39 is 17.9 Å². The molecular formula is C18H21NO4. The Morgan fingerprint density at radius 1 is 1.13 bits per heavy atom. The van der Waals surface area contributed by atoms with Crippen molar-refractivity contribution in [3.63, 3.8) is 0 Å². The van der Waals surface area contributed by atoms with Crippen LogP contribution in [0.15, 0.2) is 40.8 Å². The second-order valence-electron chi connectivity index (χ2n) is 5.87. The van der Waals surface area contributed by atoms with Gasteiger partial charge in [0.05, 0.1) is 0 Å². The van der Waals surface area contributed by atoms with Gasteiger partial charge in [0.15, 0.2) is 5.76 Å². The van der Waals surface area contributed by atoms with Gasteiger partial charge in [-0.15, -0.1) is 0 Å². The van der Waals surface area contributed by atoms with Crippen molar-refractivity contribution in [2.45, 2.75) is 32.7 Å². The number of hydrogen-bond acceptors (Lipinski definition) is 3. The number of rotatable bonds is 5. The number of nitrogens with zero attached hydrogens (tertiary/aromatic N) is 1. The standard InChI is InChI=1S/C18H21NO4/c1-11(2)13-6-5-7-14(10-13)15-8-9-16(23-15)17(20)19(4)12(3)18(21)22/h5-12H,1-4H3,(H,21,22). The Balaban J connectivity index is 2.25. The molecule has 0 bridgehead atoms. The van der Waals surface area contributed by atoms with E-state index >= 15 is 0 Å². The number of likely N-dealkylation sites (N-methyl/N-ethyl adjacent to an activating group) is 1. The average Bonchev–Trinajstić information content (AvgIpc) is 3.02. The van der Waals surface area contributed by atoms with Gasteiger partial charge in [0.2, 0.25) is 0 Å². The first-order valence-electron chi connectivity index (χ1n) is 7.51. The van der Waals surface area contributed by atoms with Gasteiger partial charge in [0, 0.05) is 12.6 Å². The summed E-state index contributed by atoms with van der Waals surface area (Å²) in [6.45, 7) is 5.67. The molecule has 1 atom stereocenters. The summed E-state index contributed by atoms with van der Waals surface area (Å²) in [5, 5.41) is 8.99. The van der Waals surface area contributed by atoms with Gasteiger partial charge in [-0.1, -0.05) is 32.0 Å². The maximum atomic E-state index is 12.3. The monoisotopic (exact) mass is 315 g/mol. The van der Waals surface area contributed by atoms with E-state index in [4.69, 9.17) is 9.52 Å². The minimum atomic E-state index is -1.06. The van der Waals surface area contributed by atoms with E-state index in [2.05, 4.69) is 13.8 Å². The highest BCUT2D eigenvalue weighted by molar-refractivity contribution is 5.94. The number of hydrogen-bond donors (Lipinski definition) is 1. The molecular weight excluding hydrogens is 294 g/mol. The molecule has 0 saturated heterocycles. The molecule has 1 N–H and O–H groups in total. The summed E-state index contributed by atoms with van der Waals surface area (Å²) in [6.07, 6.45) is 0. The summed E-state index contributed by atoms with van der Waals surface area (Å²) in [5.41, 5.74) is 2.08. The second kappa shape index (κ2) is 6.69. The van der Waals surface area contributed by atoms with Crippen molar-refractivity contribution in [2.75, 3.05) is 7.05 Å². The van der Waals surface area contributed by atoms with Gasteiger partial charge in [0.25, 0.3) is 5.91 Å². The molecule has 0 aliphatic heterocycles. The summed E-state index contributed by atoms with van der Waals surface area (Å²) in [5.74, 6) is -0.394. The lowest BCUT2D eigenvalue weighted by molar-refractivity contribution is -0.141. The van der Waals surface area contributed by atoms with Gasteiger partial charge in [-0.2, -0.15) is 0 Å². The van der Waals surface area contributed by atoms with Crippen LogP contribution < -0.4 is 0 Å². The number of benzene rings is 1. The molecule has 1 heterocycles. The highest BCUT2D eigenvalue weighted by Crippen LogP contribution is 2.26. The molecule has 0 radical (unpaired) electrons. The number of carbonyl (C=O) groups excluding carboxylic acids is 1. The summed E-state index contributed by atoms with van der Waals surface area (Å²) in [6, 6.07) is 10.3. The summed E-state index contributed by atoms with van der Waals surface area (Å²) in [7, 11) is 1.45. The molecule has 0 aliphatic rings. The molecule has 2 rings (SSSR count). The van der Waals surface area contributed by atoms with Gasteiger partial charge in [-0.3, -0.25) is 4.79 Å². The Hall–Kier alpha value is -2.56. The summed E-state index contributed by atoms with van der Waals surface area (Å²) < 4.78 is 5.63. The second-order valence-corrected chi connectivity index (χ2v) is 5.87. The van der Waals surface area contributed by atoms with E-state index in [9.17, 15) is 9.59 Å². The molecule has 0 spiro atoms. The molecule has 0 saturated carbocycles. The third kappa shape index (κ3) is 3.62. The van der Waals surface area contributed by atoms with Crippen molar-refractivity contribution in [2.24, 2.45) is 0 Å². The van der Waals surface area contributed by atoms with E-state index in [-0.39, 0.29) is 5.76 Å². The van der Waals surface area contributed by atoms with Crippen LogP contribution in [0, 0.1) is 0 Å². The van der Waals surface area contributed by atoms with Crippen LogP contribution in [0.25, 0.3) is 11.3 Å². The normalized spacial score (nSPS) is 12.2. The molecule has 0 aliphatic carbocycles. The minimum absolute atomic E-state index is 0.130. The van der Waals surface area contributed by atoms with Crippen molar-refractivity contribution >= 4 is 11.9 Å². The Kier molecular flexibility index (Phi) is 4.89. The maximum absolute atomic E-state index is 12.3. The lowest BCUT2D eigenvalue weighted by atomic mass is 10.0. The lowest BCUT2D eigenvalue weighted by Crippen LogP contribution is -2.40. The lowest BCUT2D eigenvalue weighted by Gasteiger charge is -2.20. The molecule has 1 aromatic heterocycles. The van der Waals surface area contributed by atoms with Crippen LogP contribution in [-0.4, -0.2) is 35.0 Å². The highest BCUT2D eigenvalue weighted by Gasteiger charge is 2.25. The fourth-order valence-electron chi connectivity index (χ4n) is 2.17. The van der Waals surface area contributed by atoms with Crippen LogP contribution >= 0.6 is 0 Å². The fourth-order valence-corrected chi connectivity index (χ4v) is 2.17. The Bertz CT molecular complexity index is 717. The third-order valence-corrected chi connectivity index (χ3v) is 3.91. The topological polar surface area (TPSA) is 70.8 Å². The molecule has 5 nitrogen and oxygen atoms in total. The molecule has 1 amide bonds. The predicted octanol–water partition coefficient (Wildman–Crippen LogP) is 3.62. The van der Waals surface area contributed by atoms with Gasteiger partial charge >= 0.3 is 5.97 Å². The van der Waals surface area contributed by atoms with E-state index in [0.29, 0.717) is 11.7 Å². The van der Waals surface area contributed by atoms with Crippen LogP contribution in [0.5, 0.6) is 0 Å². The van der Waals surface area contributed by atoms with E-state index in [0.717, 1.165) is 10.5 Å². The van der Waals surface area contributed by atoms with Crippen LogP contribution in [0.2, 0.25) is 0 Å². The van der Waals surface area contributed by atoms with Gasteiger partial charge in [-0.25, -0.2) is 4.79 Å². The molecule has 23 heavy (non-hydrogen) atoms. The van der Waals surface area contributed by atoms with Crippen molar-refractivity contribution in [1.29, 1.82) is 0 Å². The van der Waals surface area contributed by atoms with Crippen LogP contribution in [-0.2, 0) is 4.79 Å². The van der Waals surface area contributed by atoms with Crippen molar-refractivity contribution in [3.8, 4) is 11.3 Å². The minimum Gasteiger partial charge on any atom is -0.480 e. The Morgan fingerprint density at radius 3 is 2.43 bits per heavy atom. The highest BCUT2D eigenvalue weighted by atomic mass is 16.4.